The van der Waals surface area contributed by atoms with Crippen molar-refractivity contribution >= 4 is 0 Å². The third-order valence-corrected chi connectivity index (χ3v) is 15.4. The summed E-state index contributed by atoms with van der Waals surface area (Å²) in [5, 5.41) is 0. The summed E-state index contributed by atoms with van der Waals surface area (Å²) in [5.41, 5.74) is 2.48. The van der Waals surface area contributed by atoms with Crippen molar-refractivity contribution in [2.24, 2.45) is 47.3 Å². The zero-order chi connectivity index (χ0) is 39.9. The van der Waals surface area contributed by atoms with Gasteiger partial charge >= 0.3 is 0 Å². The Morgan fingerprint density at radius 2 is 0.789 bits per heavy atom. The average Bonchev–Trinajstić information content (AvgIpc) is 3.27. The molecule has 0 radical (unpaired) electrons. The largest absolute Gasteiger partial charge is 0.492 e. The standard InChI is InChI=1S/C27H45NO.C26H43NO/c1-3-5-6-20-29-27-19-18-26(28-21-27)17-12-23-10-15-25(16-11-23)24-13-8-22(7-4-2)9-14-24;1-3-5-6-19-28-26-18-17-25(27-20-26)16-11-22-9-14-24(15-10-22)23-12-7-21(4-2)8-13-23/h18-19,21-25H,3-17,20H2,1-2H3;17-18,20-24H,3-16,19H2,1-2H3. The molecule has 4 heteroatoms. The Morgan fingerprint density at radius 3 is 1.11 bits per heavy atom. The summed E-state index contributed by atoms with van der Waals surface area (Å²) in [6, 6.07) is 8.57. The van der Waals surface area contributed by atoms with E-state index >= 15 is 0 Å². The molecule has 57 heavy (non-hydrogen) atoms. The SMILES string of the molecule is CCCCCOc1ccc(CCC2CCC(C3CCC(CC)CC3)CC2)nc1.CCCCCOc1ccc(CCC2CCC(C3CCC(CCC)CC3)CC2)nc1. The molecule has 2 heterocycles. The van der Waals surface area contributed by atoms with Gasteiger partial charge in [-0.25, -0.2) is 0 Å². The molecule has 0 aromatic carbocycles. The molecule has 4 saturated carbocycles. The van der Waals surface area contributed by atoms with Crippen LogP contribution in [0, 0.1) is 47.3 Å². The van der Waals surface area contributed by atoms with Crippen molar-refractivity contribution in [3.63, 3.8) is 0 Å². The monoisotopic (exact) mass is 785 g/mol. The summed E-state index contributed by atoms with van der Waals surface area (Å²) in [7, 11) is 0. The zero-order valence-corrected chi connectivity index (χ0v) is 37.7. The van der Waals surface area contributed by atoms with Gasteiger partial charge < -0.3 is 9.47 Å². The minimum Gasteiger partial charge on any atom is -0.492 e. The highest BCUT2D eigenvalue weighted by Crippen LogP contribution is 2.44. The predicted molar refractivity (Wildman–Crippen MR) is 242 cm³/mol. The Labute approximate surface area is 352 Å². The third kappa shape index (κ3) is 16.8. The maximum absolute atomic E-state index is 5.78. The van der Waals surface area contributed by atoms with E-state index in [2.05, 4.69) is 61.9 Å². The van der Waals surface area contributed by atoms with Crippen LogP contribution in [0.15, 0.2) is 36.7 Å². The van der Waals surface area contributed by atoms with Crippen molar-refractivity contribution in [3.8, 4) is 11.5 Å². The number of pyridine rings is 2. The molecular formula is C53H88N2O2. The Balaban J connectivity index is 0.000000218. The molecule has 0 aliphatic heterocycles. The minimum atomic E-state index is 0.818. The van der Waals surface area contributed by atoms with E-state index in [1.54, 1.807) is 0 Å². The van der Waals surface area contributed by atoms with E-state index in [9.17, 15) is 0 Å². The van der Waals surface area contributed by atoms with Crippen LogP contribution in [0.25, 0.3) is 0 Å². The normalized spacial score (nSPS) is 27.9. The lowest BCUT2D eigenvalue weighted by Gasteiger charge is -2.38. The molecule has 6 rings (SSSR count). The third-order valence-electron chi connectivity index (χ3n) is 15.4. The molecule has 0 spiro atoms. The van der Waals surface area contributed by atoms with E-state index in [1.165, 1.54) is 172 Å². The summed E-state index contributed by atoms with van der Waals surface area (Å²) in [6.45, 7) is 10.8. The Morgan fingerprint density at radius 1 is 0.421 bits per heavy atom. The van der Waals surface area contributed by atoms with Gasteiger partial charge in [-0.15, -0.1) is 0 Å². The van der Waals surface area contributed by atoms with Gasteiger partial charge in [-0.3, -0.25) is 9.97 Å². The second kappa shape index (κ2) is 26.9. The van der Waals surface area contributed by atoms with Crippen LogP contribution in [0.1, 0.15) is 212 Å². The van der Waals surface area contributed by atoms with Crippen LogP contribution in [-0.2, 0) is 12.8 Å². The van der Waals surface area contributed by atoms with Crippen LogP contribution in [0.3, 0.4) is 0 Å². The van der Waals surface area contributed by atoms with Gasteiger partial charge in [-0.2, -0.15) is 0 Å². The number of hydrogen-bond acceptors (Lipinski definition) is 4. The van der Waals surface area contributed by atoms with Crippen LogP contribution in [0.2, 0.25) is 0 Å². The zero-order valence-electron chi connectivity index (χ0n) is 37.7. The summed E-state index contributed by atoms with van der Waals surface area (Å²) < 4.78 is 11.6. The number of unbranched alkanes of at least 4 members (excludes halogenated alkanes) is 4. The number of nitrogens with zero attached hydrogens (tertiary/aromatic N) is 2. The molecule has 2 aromatic rings. The Hall–Kier alpha value is -2.10. The molecule has 0 unspecified atom stereocenters. The maximum atomic E-state index is 5.78. The van der Waals surface area contributed by atoms with Crippen molar-refractivity contribution < 1.29 is 9.47 Å². The molecule has 4 aliphatic carbocycles. The first-order valence-electron chi connectivity index (χ1n) is 25.2. The van der Waals surface area contributed by atoms with Crippen LogP contribution >= 0.6 is 0 Å². The first-order chi connectivity index (χ1) is 28.1. The predicted octanol–water partition coefficient (Wildman–Crippen LogP) is 15.6. The molecule has 322 valence electrons. The molecule has 4 fully saturated rings. The van der Waals surface area contributed by atoms with Crippen LogP contribution in [0.4, 0.5) is 0 Å². The molecule has 0 atom stereocenters. The lowest BCUT2D eigenvalue weighted by atomic mass is 9.68. The lowest BCUT2D eigenvalue weighted by molar-refractivity contribution is 0.141. The number of ether oxygens (including phenoxy) is 2. The Bertz CT molecular complexity index is 1260. The van der Waals surface area contributed by atoms with Gasteiger partial charge in [0, 0.05) is 11.4 Å². The van der Waals surface area contributed by atoms with Gasteiger partial charge in [0.1, 0.15) is 11.5 Å². The second-order valence-corrected chi connectivity index (χ2v) is 19.5. The van der Waals surface area contributed by atoms with E-state index in [0.717, 1.165) is 97.7 Å². The van der Waals surface area contributed by atoms with E-state index in [-0.39, 0.29) is 0 Å². The van der Waals surface area contributed by atoms with E-state index in [0.29, 0.717) is 0 Å². The lowest BCUT2D eigenvalue weighted by Crippen LogP contribution is -2.26. The first-order valence-corrected chi connectivity index (χ1v) is 25.2. The molecule has 4 nitrogen and oxygen atoms in total. The van der Waals surface area contributed by atoms with Crippen molar-refractivity contribution in [3.05, 3.63) is 48.0 Å². The highest BCUT2D eigenvalue weighted by molar-refractivity contribution is 5.20. The number of rotatable bonds is 21. The first kappa shape index (κ1) is 46.0. The van der Waals surface area contributed by atoms with Crippen LogP contribution in [0.5, 0.6) is 11.5 Å². The van der Waals surface area contributed by atoms with E-state index in [1.807, 2.05) is 12.4 Å². The number of aryl methyl sites for hydroxylation is 2. The molecule has 4 aliphatic rings. The number of hydrogen-bond donors (Lipinski definition) is 0. The molecule has 0 N–H and O–H groups in total. The van der Waals surface area contributed by atoms with E-state index < -0.39 is 0 Å². The van der Waals surface area contributed by atoms with Crippen molar-refractivity contribution in [1.82, 2.24) is 9.97 Å². The average molecular weight is 785 g/mol. The summed E-state index contributed by atoms with van der Waals surface area (Å²) in [4.78, 5) is 9.29. The highest BCUT2D eigenvalue weighted by atomic mass is 16.5. The minimum absolute atomic E-state index is 0.818. The van der Waals surface area contributed by atoms with Gasteiger partial charge in [0.2, 0.25) is 0 Å². The van der Waals surface area contributed by atoms with Gasteiger partial charge in [0.25, 0.3) is 0 Å². The molecular weight excluding hydrogens is 697 g/mol. The molecule has 0 amide bonds. The van der Waals surface area contributed by atoms with Gasteiger partial charge in [0.05, 0.1) is 25.6 Å². The molecule has 2 aromatic heterocycles. The van der Waals surface area contributed by atoms with Gasteiger partial charge in [-0.1, -0.05) is 124 Å². The highest BCUT2D eigenvalue weighted by Gasteiger charge is 2.32. The second-order valence-electron chi connectivity index (χ2n) is 19.5. The van der Waals surface area contributed by atoms with Gasteiger partial charge in [-0.05, 0) is 162 Å². The fraction of sp³-hybridized carbons (Fsp3) is 0.811. The van der Waals surface area contributed by atoms with Crippen LogP contribution in [-0.4, -0.2) is 23.2 Å². The molecule has 0 bridgehead atoms. The van der Waals surface area contributed by atoms with Crippen molar-refractivity contribution in [1.29, 1.82) is 0 Å². The number of aromatic nitrogens is 2. The summed E-state index contributed by atoms with van der Waals surface area (Å²) in [5.74, 6) is 9.97. The molecule has 0 saturated heterocycles. The quantitative estimate of drug-likeness (QED) is 0.118. The van der Waals surface area contributed by atoms with Crippen LogP contribution < -0.4 is 9.47 Å². The van der Waals surface area contributed by atoms with E-state index in [4.69, 9.17) is 9.47 Å². The topological polar surface area (TPSA) is 44.2 Å². The summed E-state index contributed by atoms with van der Waals surface area (Å²) in [6.07, 6.45) is 44.2. The fourth-order valence-corrected chi connectivity index (χ4v) is 11.4. The fourth-order valence-electron chi connectivity index (χ4n) is 11.4. The van der Waals surface area contributed by atoms with Gasteiger partial charge in [0.15, 0.2) is 0 Å². The maximum Gasteiger partial charge on any atom is 0.137 e. The smallest absolute Gasteiger partial charge is 0.137 e. The van der Waals surface area contributed by atoms with Crippen molar-refractivity contribution in [2.75, 3.05) is 13.2 Å². The van der Waals surface area contributed by atoms with Crippen molar-refractivity contribution in [2.45, 2.75) is 214 Å². The Kier molecular flexibility index (Phi) is 21.7. The summed E-state index contributed by atoms with van der Waals surface area (Å²) >= 11 is 0.